The van der Waals surface area contributed by atoms with Crippen LogP contribution in [0.1, 0.15) is 13.3 Å². The van der Waals surface area contributed by atoms with Gasteiger partial charge >= 0.3 is 15.7 Å². The topological polar surface area (TPSA) is 75.6 Å². The minimum Gasteiger partial charge on any atom is -0.309 e. The smallest absolute Gasteiger partial charge is 0.309 e. The summed E-state index contributed by atoms with van der Waals surface area (Å²) in [5, 5.41) is 0. The van der Waals surface area contributed by atoms with Gasteiger partial charge in [0, 0.05) is 0 Å². The highest BCUT2D eigenvalue weighted by molar-refractivity contribution is 7.66. The molecular formula is C3H9F2NO4P2. The molecule has 0 aliphatic heterocycles. The van der Waals surface area contributed by atoms with Gasteiger partial charge in [0.05, 0.1) is 6.61 Å². The summed E-state index contributed by atoms with van der Waals surface area (Å²) in [6, 6.07) is 0. The molecule has 0 bridgehead atoms. The van der Waals surface area contributed by atoms with E-state index in [1.54, 1.807) is 6.92 Å². The Bertz CT molecular complexity index is 228. The third-order valence-corrected chi connectivity index (χ3v) is 3.16. The first-order valence-corrected chi connectivity index (χ1v) is 6.09. The van der Waals surface area contributed by atoms with Gasteiger partial charge in [-0.15, -0.1) is 13.3 Å². The number of hydrogen-bond donors (Lipinski definition) is 2. The van der Waals surface area contributed by atoms with Crippen molar-refractivity contribution in [3.05, 3.63) is 0 Å². The third-order valence-electron chi connectivity index (χ3n) is 0.704. The zero-order chi connectivity index (χ0) is 9.83. The van der Waals surface area contributed by atoms with Gasteiger partial charge in [-0.1, -0.05) is 6.92 Å². The second-order valence-electron chi connectivity index (χ2n) is 1.91. The van der Waals surface area contributed by atoms with E-state index in [9.17, 15) is 17.5 Å². The summed E-state index contributed by atoms with van der Waals surface area (Å²) in [6.07, 6.45) is 0.359. The number of hydrogen-bond acceptors (Lipinski definition) is 3. The van der Waals surface area contributed by atoms with Gasteiger partial charge in [0.2, 0.25) is 0 Å². The molecule has 2 N–H and O–H groups in total. The minimum absolute atomic E-state index is 0.221. The van der Waals surface area contributed by atoms with Crippen molar-refractivity contribution in [3.8, 4) is 0 Å². The molecule has 12 heavy (non-hydrogen) atoms. The molecule has 0 saturated heterocycles. The van der Waals surface area contributed by atoms with Crippen LogP contribution in [-0.2, 0) is 13.7 Å². The highest BCUT2D eigenvalue weighted by atomic mass is 31.3. The largest absolute Gasteiger partial charge is 0.452 e. The molecule has 0 spiro atoms. The van der Waals surface area contributed by atoms with Gasteiger partial charge in [-0.25, -0.2) is 9.13 Å². The van der Waals surface area contributed by atoms with Crippen molar-refractivity contribution in [1.29, 1.82) is 0 Å². The fourth-order valence-corrected chi connectivity index (χ4v) is 2.21. The molecule has 2 unspecified atom stereocenters. The van der Waals surface area contributed by atoms with Crippen molar-refractivity contribution >= 4 is 15.7 Å². The summed E-state index contributed by atoms with van der Waals surface area (Å²) < 4.78 is 48.5. The van der Waals surface area contributed by atoms with E-state index in [0.717, 1.165) is 4.86 Å². The highest BCUT2D eigenvalue weighted by Crippen LogP contribution is 2.55. The number of nitrogens with one attached hydrogen (secondary N) is 1. The molecule has 0 fully saturated rings. The van der Waals surface area contributed by atoms with Gasteiger partial charge < -0.3 is 4.89 Å². The molecule has 0 heterocycles. The van der Waals surface area contributed by atoms with E-state index in [1.165, 1.54) is 0 Å². The van der Waals surface area contributed by atoms with Crippen molar-refractivity contribution in [3.63, 3.8) is 0 Å². The molecule has 0 aromatic heterocycles. The van der Waals surface area contributed by atoms with Crippen LogP contribution in [-0.4, -0.2) is 11.5 Å². The maximum absolute atomic E-state index is 12.4. The van der Waals surface area contributed by atoms with E-state index in [1.807, 2.05) is 0 Å². The fraction of sp³-hybridized carbons (Fsp3) is 1.00. The molecule has 9 heteroatoms. The first-order chi connectivity index (χ1) is 5.27. The minimum atomic E-state index is -5.34. The standard InChI is InChI=1S/C3H9F2NO4P2/c1-2-3-10-12(5,9)6-11(4,7)8/h2-3H2,1H3,(H2,6,7,8,9). The van der Waals surface area contributed by atoms with Crippen molar-refractivity contribution in [2.24, 2.45) is 0 Å². The van der Waals surface area contributed by atoms with E-state index in [4.69, 9.17) is 4.89 Å². The molecule has 2 atom stereocenters. The molecule has 5 nitrogen and oxygen atoms in total. The van der Waals surface area contributed by atoms with Crippen LogP contribution in [0.4, 0.5) is 8.39 Å². The lowest BCUT2D eigenvalue weighted by Crippen LogP contribution is -2.04. The predicted molar refractivity (Wildman–Crippen MR) is 39.0 cm³/mol. The molecular weight excluding hydrogens is 214 g/mol. The Morgan fingerprint density at radius 1 is 1.50 bits per heavy atom. The van der Waals surface area contributed by atoms with E-state index in [2.05, 4.69) is 4.52 Å². The Hall–Kier alpha value is 0.200. The maximum Gasteiger partial charge on any atom is 0.452 e. The zero-order valence-electron chi connectivity index (χ0n) is 6.24. The molecule has 0 saturated carbocycles. The van der Waals surface area contributed by atoms with Crippen LogP contribution < -0.4 is 4.86 Å². The number of rotatable bonds is 5. The lowest BCUT2D eigenvalue weighted by atomic mass is 10.5. The summed E-state index contributed by atoms with van der Waals surface area (Å²) >= 11 is 0. The lowest BCUT2D eigenvalue weighted by Gasteiger charge is -2.09. The molecule has 0 radical (unpaired) electrons. The second kappa shape index (κ2) is 4.44. The first kappa shape index (κ1) is 12.2. The molecule has 0 amide bonds. The monoisotopic (exact) mass is 223 g/mol. The van der Waals surface area contributed by atoms with Gasteiger partial charge in [-0.05, 0) is 6.42 Å². The van der Waals surface area contributed by atoms with Crippen LogP contribution in [0, 0.1) is 0 Å². The van der Waals surface area contributed by atoms with E-state index in [-0.39, 0.29) is 6.61 Å². The van der Waals surface area contributed by atoms with Gasteiger partial charge in [0.25, 0.3) is 0 Å². The Balaban J connectivity index is 4.05. The van der Waals surface area contributed by atoms with Crippen LogP contribution in [0.5, 0.6) is 0 Å². The molecule has 0 aliphatic carbocycles. The third kappa shape index (κ3) is 6.88. The van der Waals surface area contributed by atoms with Crippen LogP contribution in [0.15, 0.2) is 0 Å². The Morgan fingerprint density at radius 3 is 2.33 bits per heavy atom. The highest BCUT2D eigenvalue weighted by Gasteiger charge is 2.32. The van der Waals surface area contributed by atoms with Gasteiger partial charge in [-0.3, -0.25) is 4.52 Å². The maximum atomic E-state index is 12.4. The first-order valence-electron chi connectivity index (χ1n) is 3.03. The Kier molecular flexibility index (Phi) is 4.51. The van der Waals surface area contributed by atoms with E-state index in [0.29, 0.717) is 6.42 Å². The van der Waals surface area contributed by atoms with Gasteiger partial charge in [-0.2, -0.15) is 0 Å². The van der Waals surface area contributed by atoms with Gasteiger partial charge in [0.1, 0.15) is 0 Å². The van der Waals surface area contributed by atoms with Crippen molar-refractivity contribution in [2.45, 2.75) is 13.3 Å². The summed E-state index contributed by atoms with van der Waals surface area (Å²) in [5.74, 6) is 0. The van der Waals surface area contributed by atoms with Crippen LogP contribution in [0.25, 0.3) is 0 Å². The quantitative estimate of drug-likeness (QED) is 0.698. The molecule has 0 aliphatic rings. The molecule has 0 rings (SSSR count). The Labute approximate surface area is 68.4 Å². The van der Waals surface area contributed by atoms with E-state index < -0.39 is 15.7 Å². The van der Waals surface area contributed by atoms with Crippen molar-refractivity contribution in [1.82, 2.24) is 4.86 Å². The van der Waals surface area contributed by atoms with Crippen LogP contribution in [0.2, 0.25) is 0 Å². The van der Waals surface area contributed by atoms with Crippen LogP contribution >= 0.6 is 15.7 Å². The normalized spacial score (nSPS) is 21.3. The van der Waals surface area contributed by atoms with Crippen molar-refractivity contribution in [2.75, 3.05) is 6.61 Å². The average Bonchev–Trinajstić information content (AvgIpc) is 1.78. The lowest BCUT2D eigenvalue weighted by molar-refractivity contribution is 0.280. The van der Waals surface area contributed by atoms with Gasteiger partial charge in [0.15, 0.2) is 0 Å². The summed E-state index contributed by atoms with van der Waals surface area (Å²) in [6.45, 7) is 1.38. The second-order valence-corrected chi connectivity index (χ2v) is 4.94. The fourth-order valence-electron chi connectivity index (χ4n) is 0.385. The Morgan fingerprint density at radius 2 is 2.00 bits per heavy atom. The molecule has 0 aromatic carbocycles. The average molecular weight is 223 g/mol. The van der Waals surface area contributed by atoms with E-state index >= 15 is 0 Å². The zero-order valence-corrected chi connectivity index (χ0v) is 8.03. The summed E-state index contributed by atoms with van der Waals surface area (Å²) in [4.78, 5) is 8.68. The van der Waals surface area contributed by atoms with Crippen molar-refractivity contribution < 1.29 is 26.9 Å². The predicted octanol–water partition coefficient (Wildman–Crippen LogP) is 2.15. The summed E-state index contributed by atoms with van der Waals surface area (Å²) in [5.41, 5.74) is 0. The number of halogens is 2. The summed E-state index contributed by atoms with van der Waals surface area (Å²) in [7, 11) is -10.3. The molecule has 0 aromatic rings. The molecule has 74 valence electrons. The van der Waals surface area contributed by atoms with Crippen LogP contribution in [0.3, 0.4) is 0 Å². The SMILES string of the molecule is CCCOP(=O)(F)NP(=O)(O)F.